The number of carbonyl (C=O) groups is 1. The van der Waals surface area contributed by atoms with E-state index in [1.165, 1.54) is 11.8 Å². The zero-order chi connectivity index (χ0) is 15.7. The Hall–Kier alpha value is -1.79. The predicted octanol–water partition coefficient (Wildman–Crippen LogP) is 3.34. The number of Topliss-reactive ketones (excluding diaryl/α,β-unsaturated/α-hetero) is 1. The monoisotopic (exact) mass is 333 g/mol. The zero-order valence-electron chi connectivity index (χ0n) is 12.0. The topological polar surface area (TPSA) is 63.2 Å². The van der Waals surface area contributed by atoms with Gasteiger partial charge in [0, 0.05) is 21.8 Å². The number of benzene rings is 2. The Morgan fingerprint density at radius 3 is 2.50 bits per heavy atom. The third-order valence-electron chi connectivity index (χ3n) is 3.39. The van der Waals surface area contributed by atoms with Gasteiger partial charge in [-0.15, -0.1) is 0 Å². The van der Waals surface area contributed by atoms with Gasteiger partial charge in [0.25, 0.3) is 0 Å². The molecule has 0 atom stereocenters. The second-order valence-corrected chi connectivity index (χ2v) is 8.08. The molecule has 0 aromatic heterocycles. The summed E-state index contributed by atoms with van der Waals surface area (Å²) < 4.78 is 25.7. The Morgan fingerprint density at radius 2 is 1.82 bits per heavy atom. The van der Waals surface area contributed by atoms with E-state index < -0.39 is 10.0 Å². The summed E-state index contributed by atoms with van der Waals surface area (Å²) in [6, 6.07) is 13.3. The van der Waals surface area contributed by atoms with Gasteiger partial charge in [-0.3, -0.25) is 9.52 Å². The molecular formula is C16H15NO3S2. The number of fused-ring (bicyclic) bond motifs is 1. The first-order chi connectivity index (χ1) is 10.4. The molecule has 4 nitrogen and oxygen atoms in total. The van der Waals surface area contributed by atoms with Crippen molar-refractivity contribution < 1.29 is 13.2 Å². The van der Waals surface area contributed by atoms with Crippen LogP contribution in [0.3, 0.4) is 0 Å². The lowest BCUT2D eigenvalue weighted by molar-refractivity contribution is 0.0994. The van der Waals surface area contributed by atoms with Gasteiger partial charge < -0.3 is 0 Å². The van der Waals surface area contributed by atoms with Crippen LogP contribution in [-0.2, 0) is 16.4 Å². The summed E-state index contributed by atoms with van der Waals surface area (Å²) in [7, 11) is -3.40. The number of rotatable bonds is 4. The molecule has 0 bridgehead atoms. The number of sulfonamides is 1. The summed E-state index contributed by atoms with van der Waals surface area (Å²) in [6.07, 6.45) is 2.32. The van der Waals surface area contributed by atoms with Crippen LogP contribution in [0.2, 0.25) is 0 Å². The molecule has 1 N–H and O–H groups in total. The first-order valence-corrected chi connectivity index (χ1v) is 9.54. The molecule has 0 fully saturated rings. The maximum atomic E-state index is 11.9. The highest BCUT2D eigenvalue weighted by Gasteiger charge is 2.23. The smallest absolute Gasteiger partial charge is 0.229 e. The van der Waals surface area contributed by atoms with Crippen LogP contribution in [0.15, 0.2) is 52.3 Å². The molecule has 0 amide bonds. The van der Waals surface area contributed by atoms with E-state index in [1.807, 2.05) is 36.4 Å². The number of anilines is 1. The first-order valence-electron chi connectivity index (χ1n) is 6.83. The van der Waals surface area contributed by atoms with Crippen molar-refractivity contribution in [2.24, 2.45) is 0 Å². The Kier molecular flexibility index (Phi) is 3.97. The predicted molar refractivity (Wildman–Crippen MR) is 88.1 cm³/mol. The second-order valence-electron chi connectivity index (χ2n) is 5.22. The van der Waals surface area contributed by atoms with E-state index in [0.29, 0.717) is 17.7 Å². The van der Waals surface area contributed by atoms with Crippen molar-refractivity contribution in [3.05, 3.63) is 53.6 Å². The van der Waals surface area contributed by atoms with Crippen molar-refractivity contribution in [2.45, 2.75) is 22.6 Å². The third kappa shape index (κ3) is 3.34. The molecule has 2 aromatic rings. The number of aryl methyl sites for hydroxylation is 1. The Balaban J connectivity index is 2.05. The Labute approximate surface area is 134 Å². The molecule has 0 radical (unpaired) electrons. The van der Waals surface area contributed by atoms with Crippen molar-refractivity contribution in [1.29, 1.82) is 0 Å². The fourth-order valence-corrected chi connectivity index (χ4v) is 4.05. The highest BCUT2D eigenvalue weighted by atomic mass is 32.2. The van der Waals surface area contributed by atoms with E-state index in [-0.39, 0.29) is 5.78 Å². The SMILES string of the molecule is CS(=O)(=O)Nc1cc2c(cc1Sc1ccccc1)CCC2=O. The van der Waals surface area contributed by atoms with E-state index >= 15 is 0 Å². The quantitative estimate of drug-likeness (QED) is 0.932. The largest absolute Gasteiger partial charge is 0.294 e. The molecule has 1 aliphatic carbocycles. The van der Waals surface area contributed by atoms with Crippen molar-refractivity contribution in [3.63, 3.8) is 0 Å². The minimum Gasteiger partial charge on any atom is -0.294 e. The van der Waals surface area contributed by atoms with Gasteiger partial charge in [0.1, 0.15) is 0 Å². The van der Waals surface area contributed by atoms with E-state index in [9.17, 15) is 13.2 Å². The molecule has 0 spiro atoms. The van der Waals surface area contributed by atoms with Crippen LogP contribution >= 0.6 is 11.8 Å². The average molecular weight is 333 g/mol. The minimum atomic E-state index is -3.40. The number of hydrogen-bond donors (Lipinski definition) is 1. The minimum absolute atomic E-state index is 0.0720. The van der Waals surface area contributed by atoms with Crippen LogP contribution < -0.4 is 4.72 Å². The highest BCUT2D eigenvalue weighted by Crippen LogP contribution is 2.38. The van der Waals surface area contributed by atoms with Crippen LogP contribution in [0.5, 0.6) is 0 Å². The molecule has 22 heavy (non-hydrogen) atoms. The number of nitrogens with one attached hydrogen (secondary N) is 1. The van der Waals surface area contributed by atoms with Gasteiger partial charge in [0.05, 0.1) is 11.9 Å². The molecule has 3 rings (SSSR count). The lowest BCUT2D eigenvalue weighted by atomic mass is 10.1. The lowest BCUT2D eigenvalue weighted by Crippen LogP contribution is -2.11. The first kappa shape index (κ1) is 15.1. The molecule has 2 aromatic carbocycles. The average Bonchev–Trinajstić information content (AvgIpc) is 2.80. The van der Waals surface area contributed by atoms with Gasteiger partial charge >= 0.3 is 0 Å². The molecule has 0 saturated heterocycles. The summed E-state index contributed by atoms with van der Waals surface area (Å²) in [5.41, 5.74) is 2.08. The van der Waals surface area contributed by atoms with Gasteiger partial charge in [-0.05, 0) is 36.2 Å². The number of carbonyl (C=O) groups excluding carboxylic acids is 1. The van der Waals surface area contributed by atoms with Gasteiger partial charge in [0.2, 0.25) is 10.0 Å². The van der Waals surface area contributed by atoms with Crippen LogP contribution in [0.1, 0.15) is 22.3 Å². The number of ketones is 1. The Morgan fingerprint density at radius 1 is 1.09 bits per heavy atom. The second kappa shape index (κ2) is 5.78. The summed E-state index contributed by atoms with van der Waals surface area (Å²) in [4.78, 5) is 13.7. The summed E-state index contributed by atoms with van der Waals surface area (Å²) in [6.45, 7) is 0. The van der Waals surface area contributed by atoms with E-state index in [4.69, 9.17) is 0 Å². The normalized spacial score (nSPS) is 14.0. The molecule has 1 aliphatic rings. The summed E-state index contributed by atoms with van der Waals surface area (Å²) in [5, 5.41) is 0. The van der Waals surface area contributed by atoms with Gasteiger partial charge in [-0.1, -0.05) is 30.0 Å². The van der Waals surface area contributed by atoms with Crippen molar-refractivity contribution in [3.8, 4) is 0 Å². The molecular weight excluding hydrogens is 318 g/mol. The van der Waals surface area contributed by atoms with Crippen LogP contribution in [0, 0.1) is 0 Å². The van der Waals surface area contributed by atoms with E-state index in [2.05, 4.69) is 4.72 Å². The molecule has 114 valence electrons. The van der Waals surface area contributed by atoms with E-state index in [1.54, 1.807) is 6.07 Å². The Bertz CT molecular complexity index is 830. The van der Waals surface area contributed by atoms with Crippen LogP contribution in [0.4, 0.5) is 5.69 Å². The standard InChI is InChI=1S/C16H15NO3S2/c1-22(19,20)17-14-10-13-11(7-8-15(13)18)9-16(14)21-12-5-3-2-4-6-12/h2-6,9-10,17H,7-8H2,1H3. The van der Waals surface area contributed by atoms with Crippen molar-refractivity contribution in [1.82, 2.24) is 0 Å². The maximum Gasteiger partial charge on any atom is 0.229 e. The van der Waals surface area contributed by atoms with E-state index in [0.717, 1.165) is 28.0 Å². The highest BCUT2D eigenvalue weighted by molar-refractivity contribution is 7.99. The molecule has 0 heterocycles. The maximum absolute atomic E-state index is 11.9. The fraction of sp³-hybridized carbons (Fsp3) is 0.188. The molecule has 0 unspecified atom stereocenters. The molecule has 6 heteroatoms. The van der Waals surface area contributed by atoms with Crippen LogP contribution in [0.25, 0.3) is 0 Å². The third-order valence-corrected chi connectivity index (χ3v) is 5.05. The molecule has 0 saturated carbocycles. The van der Waals surface area contributed by atoms with Crippen molar-refractivity contribution in [2.75, 3.05) is 11.0 Å². The van der Waals surface area contributed by atoms with Gasteiger partial charge in [0.15, 0.2) is 5.78 Å². The zero-order valence-corrected chi connectivity index (χ0v) is 13.6. The molecule has 0 aliphatic heterocycles. The van der Waals surface area contributed by atoms with Crippen molar-refractivity contribution >= 4 is 33.3 Å². The van der Waals surface area contributed by atoms with Gasteiger partial charge in [-0.2, -0.15) is 0 Å². The summed E-state index contributed by atoms with van der Waals surface area (Å²) >= 11 is 1.48. The van der Waals surface area contributed by atoms with Gasteiger partial charge in [-0.25, -0.2) is 8.42 Å². The summed E-state index contributed by atoms with van der Waals surface area (Å²) in [5.74, 6) is 0.0720. The lowest BCUT2D eigenvalue weighted by Gasteiger charge is -2.13. The fourth-order valence-electron chi connectivity index (χ4n) is 2.45. The van der Waals surface area contributed by atoms with Crippen LogP contribution in [-0.4, -0.2) is 20.5 Å². The number of hydrogen-bond acceptors (Lipinski definition) is 4.